The van der Waals surface area contributed by atoms with Crippen LogP contribution in [-0.2, 0) is 4.74 Å². The number of rotatable bonds is 4. The molecule has 1 aromatic rings. The standard InChI is InChI=1S/C13H16N2O3/c1-9(2)8-14-13(17)15-11-6-4-5-10(7-11)12(16)18-3/h4-7H,1,8H2,2-3H3,(H2,14,15,17). The molecule has 5 nitrogen and oxygen atoms in total. The van der Waals surface area contributed by atoms with Crippen molar-refractivity contribution in [2.75, 3.05) is 19.0 Å². The molecule has 0 radical (unpaired) electrons. The second kappa shape index (κ2) is 6.44. The van der Waals surface area contributed by atoms with Crippen molar-refractivity contribution in [2.24, 2.45) is 0 Å². The molecule has 0 aliphatic carbocycles. The Bertz CT molecular complexity index is 469. The minimum absolute atomic E-state index is 0.347. The van der Waals surface area contributed by atoms with Gasteiger partial charge in [-0.05, 0) is 25.1 Å². The number of urea groups is 1. The second-order valence-electron chi connectivity index (χ2n) is 3.84. The van der Waals surface area contributed by atoms with Crippen molar-refractivity contribution in [1.29, 1.82) is 0 Å². The fourth-order valence-corrected chi connectivity index (χ4v) is 1.25. The van der Waals surface area contributed by atoms with E-state index in [1.165, 1.54) is 7.11 Å². The molecule has 2 amide bonds. The summed E-state index contributed by atoms with van der Waals surface area (Å²) in [5, 5.41) is 5.25. The van der Waals surface area contributed by atoms with Gasteiger partial charge in [0, 0.05) is 12.2 Å². The lowest BCUT2D eigenvalue weighted by Crippen LogP contribution is -2.29. The highest BCUT2D eigenvalue weighted by Crippen LogP contribution is 2.11. The molecule has 0 aliphatic rings. The molecule has 0 saturated carbocycles. The van der Waals surface area contributed by atoms with Crippen LogP contribution in [0.15, 0.2) is 36.4 Å². The zero-order valence-electron chi connectivity index (χ0n) is 10.4. The van der Waals surface area contributed by atoms with E-state index in [0.29, 0.717) is 17.8 Å². The molecule has 1 rings (SSSR count). The Labute approximate surface area is 106 Å². The highest BCUT2D eigenvalue weighted by atomic mass is 16.5. The van der Waals surface area contributed by atoms with Crippen LogP contribution in [0.1, 0.15) is 17.3 Å². The van der Waals surface area contributed by atoms with Crippen molar-refractivity contribution in [3.05, 3.63) is 42.0 Å². The Morgan fingerprint density at radius 2 is 2.11 bits per heavy atom. The lowest BCUT2D eigenvalue weighted by atomic mass is 10.2. The summed E-state index contributed by atoms with van der Waals surface area (Å²) < 4.78 is 4.60. The molecule has 96 valence electrons. The first-order chi connectivity index (χ1) is 8.52. The zero-order valence-corrected chi connectivity index (χ0v) is 10.4. The number of esters is 1. The molecule has 0 heterocycles. The lowest BCUT2D eigenvalue weighted by molar-refractivity contribution is 0.0600. The van der Waals surface area contributed by atoms with Gasteiger partial charge < -0.3 is 15.4 Å². The Kier molecular flexibility index (Phi) is 4.92. The van der Waals surface area contributed by atoms with Gasteiger partial charge in [-0.1, -0.05) is 18.2 Å². The molecule has 0 atom stereocenters. The van der Waals surface area contributed by atoms with Gasteiger partial charge in [0.2, 0.25) is 0 Å². The summed E-state index contributed by atoms with van der Waals surface area (Å²) >= 11 is 0. The molecule has 0 aromatic heterocycles. The van der Waals surface area contributed by atoms with Gasteiger partial charge in [-0.15, -0.1) is 0 Å². The molecule has 2 N–H and O–H groups in total. The van der Waals surface area contributed by atoms with Crippen molar-refractivity contribution < 1.29 is 14.3 Å². The number of benzene rings is 1. The molecule has 0 fully saturated rings. The quantitative estimate of drug-likeness (QED) is 0.634. The average Bonchev–Trinajstić information content (AvgIpc) is 2.35. The topological polar surface area (TPSA) is 67.4 Å². The number of hydrogen-bond donors (Lipinski definition) is 2. The number of carbonyl (C=O) groups is 2. The van der Waals surface area contributed by atoms with Gasteiger partial charge in [0.1, 0.15) is 0 Å². The van der Waals surface area contributed by atoms with Crippen molar-refractivity contribution >= 4 is 17.7 Å². The third-order valence-corrected chi connectivity index (χ3v) is 2.09. The first kappa shape index (κ1) is 13.8. The predicted octanol–water partition coefficient (Wildman–Crippen LogP) is 2.17. The number of carbonyl (C=O) groups excluding carboxylic acids is 2. The first-order valence-electron chi connectivity index (χ1n) is 5.40. The van der Waals surface area contributed by atoms with Crippen LogP contribution in [-0.4, -0.2) is 25.7 Å². The highest BCUT2D eigenvalue weighted by molar-refractivity contribution is 5.93. The van der Waals surface area contributed by atoms with Crippen molar-refractivity contribution in [3.63, 3.8) is 0 Å². The summed E-state index contributed by atoms with van der Waals surface area (Å²) in [7, 11) is 1.31. The smallest absolute Gasteiger partial charge is 0.337 e. The Balaban J connectivity index is 2.64. The minimum Gasteiger partial charge on any atom is -0.465 e. The fraction of sp³-hybridized carbons (Fsp3) is 0.231. The molecule has 1 aromatic carbocycles. The highest BCUT2D eigenvalue weighted by Gasteiger charge is 2.07. The van der Waals surface area contributed by atoms with E-state index in [2.05, 4.69) is 21.9 Å². The van der Waals surface area contributed by atoms with E-state index in [0.717, 1.165) is 5.57 Å². The number of ether oxygens (including phenoxy) is 1. The van der Waals surface area contributed by atoms with Gasteiger partial charge in [0.15, 0.2) is 0 Å². The third-order valence-electron chi connectivity index (χ3n) is 2.09. The van der Waals surface area contributed by atoms with E-state index in [1.54, 1.807) is 24.3 Å². The number of methoxy groups -OCH3 is 1. The maximum atomic E-state index is 11.5. The van der Waals surface area contributed by atoms with Crippen LogP contribution >= 0.6 is 0 Å². The molecule has 0 spiro atoms. The average molecular weight is 248 g/mol. The number of hydrogen-bond acceptors (Lipinski definition) is 3. The first-order valence-corrected chi connectivity index (χ1v) is 5.40. The Morgan fingerprint density at radius 3 is 2.72 bits per heavy atom. The molecule has 0 bridgehead atoms. The fourth-order valence-electron chi connectivity index (χ4n) is 1.25. The summed E-state index contributed by atoms with van der Waals surface area (Å²) in [6, 6.07) is 6.17. The minimum atomic E-state index is -0.444. The molecule has 0 unspecified atom stereocenters. The van der Waals surface area contributed by atoms with Crippen LogP contribution in [0.5, 0.6) is 0 Å². The van der Waals surface area contributed by atoms with E-state index >= 15 is 0 Å². The maximum absolute atomic E-state index is 11.5. The molecule has 0 aliphatic heterocycles. The second-order valence-corrected chi connectivity index (χ2v) is 3.84. The van der Waals surface area contributed by atoms with Gasteiger partial charge in [-0.25, -0.2) is 9.59 Å². The summed E-state index contributed by atoms with van der Waals surface area (Å²) in [6.07, 6.45) is 0. The van der Waals surface area contributed by atoms with Gasteiger partial charge in [-0.2, -0.15) is 0 Å². The van der Waals surface area contributed by atoms with Crippen LogP contribution in [0.2, 0.25) is 0 Å². The predicted molar refractivity (Wildman–Crippen MR) is 69.6 cm³/mol. The third kappa shape index (κ3) is 4.29. The SMILES string of the molecule is C=C(C)CNC(=O)Nc1cccc(C(=O)OC)c1. The normalized spacial score (nSPS) is 9.44. The van der Waals surface area contributed by atoms with Gasteiger partial charge in [-0.3, -0.25) is 0 Å². The Hall–Kier alpha value is -2.30. The van der Waals surface area contributed by atoms with Crippen molar-refractivity contribution in [3.8, 4) is 0 Å². The monoisotopic (exact) mass is 248 g/mol. The lowest BCUT2D eigenvalue weighted by Gasteiger charge is -2.08. The molecule has 0 saturated heterocycles. The largest absolute Gasteiger partial charge is 0.465 e. The summed E-state index contributed by atoms with van der Waals surface area (Å²) in [6.45, 7) is 5.90. The molecule has 5 heteroatoms. The summed E-state index contributed by atoms with van der Waals surface area (Å²) in [4.78, 5) is 22.8. The van der Waals surface area contributed by atoms with E-state index in [1.807, 2.05) is 6.92 Å². The Morgan fingerprint density at radius 1 is 1.39 bits per heavy atom. The number of nitrogens with one attached hydrogen (secondary N) is 2. The maximum Gasteiger partial charge on any atom is 0.337 e. The van der Waals surface area contributed by atoms with Gasteiger partial charge in [0.05, 0.1) is 12.7 Å². The van der Waals surface area contributed by atoms with Crippen LogP contribution in [0.25, 0.3) is 0 Å². The molecular weight excluding hydrogens is 232 g/mol. The van der Waals surface area contributed by atoms with Crippen molar-refractivity contribution in [1.82, 2.24) is 5.32 Å². The van der Waals surface area contributed by atoms with Crippen molar-refractivity contribution in [2.45, 2.75) is 6.92 Å². The van der Waals surface area contributed by atoms with E-state index in [9.17, 15) is 9.59 Å². The van der Waals surface area contributed by atoms with Crippen LogP contribution < -0.4 is 10.6 Å². The summed E-state index contributed by atoms with van der Waals surface area (Å²) in [5.41, 5.74) is 1.76. The van der Waals surface area contributed by atoms with Crippen LogP contribution in [0.4, 0.5) is 10.5 Å². The van der Waals surface area contributed by atoms with Gasteiger partial charge >= 0.3 is 12.0 Å². The number of amides is 2. The van der Waals surface area contributed by atoms with E-state index in [-0.39, 0.29) is 6.03 Å². The van der Waals surface area contributed by atoms with E-state index < -0.39 is 5.97 Å². The van der Waals surface area contributed by atoms with Crippen LogP contribution in [0.3, 0.4) is 0 Å². The molecular formula is C13H16N2O3. The van der Waals surface area contributed by atoms with Gasteiger partial charge in [0.25, 0.3) is 0 Å². The number of anilines is 1. The van der Waals surface area contributed by atoms with Crippen LogP contribution in [0, 0.1) is 0 Å². The summed E-state index contributed by atoms with van der Waals surface area (Å²) in [5.74, 6) is -0.444. The molecule has 18 heavy (non-hydrogen) atoms. The van der Waals surface area contributed by atoms with E-state index in [4.69, 9.17) is 0 Å². The zero-order chi connectivity index (χ0) is 13.5.